The normalized spacial score (nSPS) is 6.25. The Morgan fingerprint density at radius 1 is 1.88 bits per heavy atom. The van der Waals surface area contributed by atoms with Crippen LogP contribution < -0.4 is 0 Å². The zero-order valence-electron chi connectivity index (χ0n) is 4.79. The Morgan fingerprint density at radius 2 is 2.00 bits per heavy atom. The van der Waals surface area contributed by atoms with Crippen LogP contribution in [0.15, 0.2) is 12.7 Å². The highest BCUT2D eigenvalue weighted by molar-refractivity contribution is 5.62. The molecule has 0 radical (unpaired) electrons. The Kier molecular flexibility index (Phi) is 12.1. The van der Waals surface area contributed by atoms with Gasteiger partial charge in [0.25, 0.3) is 5.97 Å². The van der Waals surface area contributed by atoms with Crippen molar-refractivity contribution >= 4 is 5.97 Å². The molecule has 48 valence electrons. The van der Waals surface area contributed by atoms with Gasteiger partial charge in [-0.15, -0.1) is 6.58 Å². The lowest BCUT2D eigenvalue weighted by Gasteiger charge is -1.60. The predicted molar refractivity (Wildman–Crippen MR) is 30.6 cm³/mol. The summed E-state index contributed by atoms with van der Waals surface area (Å²) in [7, 11) is 0. The van der Waals surface area contributed by atoms with Crippen LogP contribution in [0, 0.1) is 0 Å². The molecule has 0 bridgehead atoms. The van der Waals surface area contributed by atoms with Crippen molar-refractivity contribution in [2.45, 2.75) is 6.92 Å². The Balaban J connectivity index is 0. The molecule has 3 nitrogen and oxygen atoms in total. The summed E-state index contributed by atoms with van der Waals surface area (Å²) in [6.07, 6.45) is 1.43. The minimum absolute atomic E-state index is 0.0833. The predicted octanol–water partition coefficient (Wildman–Crippen LogP) is 0.256. The smallest absolute Gasteiger partial charge is 0.300 e. The molecule has 0 heterocycles. The standard InChI is InChI=1S/C3H6O.C2H4O2/c1-2-3-4;1-2(3)4/h2,4H,1,3H2;1H3,(H,3,4). The van der Waals surface area contributed by atoms with Crippen LogP contribution >= 0.6 is 0 Å². The molecular formula is C5H10O3. The first-order valence-corrected chi connectivity index (χ1v) is 2.06. The molecule has 0 aromatic carbocycles. The topological polar surface area (TPSA) is 57.5 Å². The fraction of sp³-hybridized carbons (Fsp3) is 0.400. The Morgan fingerprint density at radius 3 is 2.00 bits per heavy atom. The fourth-order valence-corrected chi connectivity index (χ4v) is 0. The van der Waals surface area contributed by atoms with Gasteiger partial charge in [-0.3, -0.25) is 4.79 Å². The second-order valence-electron chi connectivity index (χ2n) is 0.990. The first kappa shape index (κ1) is 10.2. The van der Waals surface area contributed by atoms with Gasteiger partial charge in [0.1, 0.15) is 0 Å². The van der Waals surface area contributed by atoms with E-state index in [2.05, 4.69) is 6.58 Å². The van der Waals surface area contributed by atoms with E-state index in [0.717, 1.165) is 6.92 Å². The van der Waals surface area contributed by atoms with E-state index in [9.17, 15) is 0 Å². The third-order valence-corrected chi connectivity index (χ3v) is 0.129. The SMILES string of the molecule is C=CCO.CC(=O)O. The second-order valence-corrected chi connectivity index (χ2v) is 0.990. The fourth-order valence-electron chi connectivity index (χ4n) is 0. The highest BCUT2D eigenvalue weighted by atomic mass is 16.4. The lowest BCUT2D eigenvalue weighted by atomic mass is 10.7. The molecule has 8 heavy (non-hydrogen) atoms. The summed E-state index contributed by atoms with van der Waals surface area (Å²) in [6.45, 7) is 4.40. The van der Waals surface area contributed by atoms with Gasteiger partial charge in [0.05, 0.1) is 6.61 Å². The van der Waals surface area contributed by atoms with Crippen LogP contribution in [-0.2, 0) is 4.79 Å². The summed E-state index contributed by atoms with van der Waals surface area (Å²) in [4.78, 5) is 9.00. The molecule has 0 saturated carbocycles. The molecule has 0 aromatic rings. The lowest BCUT2D eigenvalue weighted by Crippen LogP contribution is -1.78. The van der Waals surface area contributed by atoms with E-state index in [1.165, 1.54) is 6.08 Å². The van der Waals surface area contributed by atoms with Crippen LogP contribution in [0.25, 0.3) is 0 Å². The van der Waals surface area contributed by atoms with Crippen LogP contribution in [0.3, 0.4) is 0 Å². The molecule has 0 atom stereocenters. The van der Waals surface area contributed by atoms with E-state index < -0.39 is 5.97 Å². The number of hydrogen-bond donors (Lipinski definition) is 2. The van der Waals surface area contributed by atoms with Gasteiger partial charge in [0, 0.05) is 6.92 Å². The molecule has 0 amide bonds. The summed E-state index contributed by atoms with van der Waals surface area (Å²) in [6, 6.07) is 0. The van der Waals surface area contributed by atoms with E-state index in [0.29, 0.717) is 0 Å². The molecule has 3 heteroatoms. The Bertz CT molecular complexity index is 64.1. The van der Waals surface area contributed by atoms with Gasteiger partial charge in [-0.1, -0.05) is 6.08 Å². The maximum atomic E-state index is 9.00. The molecule has 0 fully saturated rings. The monoisotopic (exact) mass is 118 g/mol. The van der Waals surface area contributed by atoms with Crippen LogP contribution in [0.4, 0.5) is 0 Å². The summed E-state index contributed by atoms with van der Waals surface area (Å²) < 4.78 is 0. The molecule has 0 aromatic heterocycles. The molecule has 0 aliphatic rings. The average molecular weight is 118 g/mol. The third-order valence-electron chi connectivity index (χ3n) is 0.129. The number of rotatable bonds is 1. The van der Waals surface area contributed by atoms with Crippen LogP contribution in [0.2, 0.25) is 0 Å². The minimum atomic E-state index is -0.833. The lowest BCUT2D eigenvalue weighted by molar-refractivity contribution is -0.134. The van der Waals surface area contributed by atoms with E-state index in [1.54, 1.807) is 0 Å². The van der Waals surface area contributed by atoms with Gasteiger partial charge in [-0.25, -0.2) is 0 Å². The van der Waals surface area contributed by atoms with Crippen LogP contribution in [0.5, 0.6) is 0 Å². The van der Waals surface area contributed by atoms with Crippen molar-refractivity contribution < 1.29 is 15.0 Å². The number of hydrogen-bond acceptors (Lipinski definition) is 2. The quantitative estimate of drug-likeness (QED) is 0.485. The van der Waals surface area contributed by atoms with Crippen molar-refractivity contribution in [2.75, 3.05) is 6.61 Å². The van der Waals surface area contributed by atoms with Gasteiger partial charge in [-0.2, -0.15) is 0 Å². The zero-order chi connectivity index (χ0) is 6.99. The van der Waals surface area contributed by atoms with Gasteiger partial charge in [0.2, 0.25) is 0 Å². The maximum absolute atomic E-state index is 9.00. The molecule has 0 aliphatic carbocycles. The number of carboxylic acid groups (broad SMARTS) is 1. The molecule has 0 saturated heterocycles. The van der Waals surface area contributed by atoms with Gasteiger partial charge >= 0.3 is 0 Å². The molecule has 0 aliphatic heterocycles. The third kappa shape index (κ3) is 3110. The number of aliphatic hydroxyl groups excluding tert-OH is 1. The highest BCUT2D eigenvalue weighted by Gasteiger charge is 1.65. The molecule has 0 rings (SSSR count). The molecule has 0 spiro atoms. The minimum Gasteiger partial charge on any atom is -0.481 e. The summed E-state index contributed by atoms with van der Waals surface area (Å²) >= 11 is 0. The van der Waals surface area contributed by atoms with E-state index in [-0.39, 0.29) is 6.61 Å². The summed E-state index contributed by atoms with van der Waals surface area (Å²) in [5, 5.41) is 15.2. The van der Waals surface area contributed by atoms with Gasteiger partial charge in [0.15, 0.2) is 0 Å². The van der Waals surface area contributed by atoms with Gasteiger partial charge in [-0.05, 0) is 0 Å². The summed E-state index contributed by atoms with van der Waals surface area (Å²) in [5.41, 5.74) is 0. The largest absolute Gasteiger partial charge is 0.481 e. The van der Waals surface area contributed by atoms with Crippen molar-refractivity contribution in [3.8, 4) is 0 Å². The van der Waals surface area contributed by atoms with Crippen molar-refractivity contribution in [1.29, 1.82) is 0 Å². The zero-order valence-corrected chi connectivity index (χ0v) is 4.79. The van der Waals surface area contributed by atoms with Crippen molar-refractivity contribution in [3.63, 3.8) is 0 Å². The Hall–Kier alpha value is -0.830. The number of aliphatic hydroxyl groups is 1. The molecule has 0 unspecified atom stereocenters. The molecule has 2 N–H and O–H groups in total. The van der Waals surface area contributed by atoms with Gasteiger partial charge < -0.3 is 10.2 Å². The van der Waals surface area contributed by atoms with Crippen molar-refractivity contribution in [3.05, 3.63) is 12.7 Å². The van der Waals surface area contributed by atoms with Crippen molar-refractivity contribution in [1.82, 2.24) is 0 Å². The van der Waals surface area contributed by atoms with Crippen LogP contribution in [-0.4, -0.2) is 22.8 Å². The maximum Gasteiger partial charge on any atom is 0.300 e. The number of carbonyl (C=O) groups is 1. The molecular weight excluding hydrogens is 108 g/mol. The number of aliphatic carboxylic acids is 1. The number of carboxylic acids is 1. The average Bonchev–Trinajstić information content (AvgIpc) is 1.65. The highest BCUT2D eigenvalue weighted by Crippen LogP contribution is 1.46. The summed E-state index contributed by atoms with van der Waals surface area (Å²) in [5.74, 6) is -0.833. The van der Waals surface area contributed by atoms with E-state index in [1.807, 2.05) is 0 Å². The van der Waals surface area contributed by atoms with Crippen LogP contribution in [0.1, 0.15) is 6.92 Å². The Labute approximate surface area is 48.3 Å². The van der Waals surface area contributed by atoms with E-state index in [4.69, 9.17) is 15.0 Å². The van der Waals surface area contributed by atoms with Crippen molar-refractivity contribution in [2.24, 2.45) is 0 Å². The first-order valence-electron chi connectivity index (χ1n) is 2.06. The van der Waals surface area contributed by atoms with E-state index >= 15 is 0 Å². The second kappa shape index (κ2) is 9.48. The first-order chi connectivity index (χ1) is 3.65.